The fourth-order valence-electron chi connectivity index (χ4n) is 2.49. The number of ether oxygens (including phenoxy) is 3. The third-order valence-corrected chi connectivity index (χ3v) is 3.94. The summed E-state index contributed by atoms with van der Waals surface area (Å²) in [6.45, 7) is 5.94. The molecule has 0 unspecified atom stereocenters. The van der Waals surface area contributed by atoms with Crippen LogP contribution in [0, 0.1) is 0 Å². The van der Waals surface area contributed by atoms with Gasteiger partial charge in [-0.05, 0) is 62.7 Å². The van der Waals surface area contributed by atoms with Crippen molar-refractivity contribution in [3.05, 3.63) is 59.7 Å². The van der Waals surface area contributed by atoms with Crippen molar-refractivity contribution in [1.82, 2.24) is 5.32 Å². The van der Waals surface area contributed by atoms with E-state index in [1.165, 1.54) is 7.11 Å². The molecule has 166 valence electrons. The molecule has 0 spiro atoms. The molecule has 0 saturated carbocycles. The maximum Gasteiger partial charge on any atom is 0.407 e. The Hall–Kier alpha value is -3.55. The first-order valence-electron chi connectivity index (χ1n) is 9.83. The molecule has 2 aromatic carbocycles. The Balaban J connectivity index is 1.78. The summed E-state index contributed by atoms with van der Waals surface area (Å²) in [6.07, 6.45) is -0.319. The van der Waals surface area contributed by atoms with Crippen LogP contribution in [0.3, 0.4) is 0 Å². The number of esters is 1. The Labute approximate surface area is 181 Å². The summed E-state index contributed by atoms with van der Waals surface area (Å²) < 4.78 is 15.3. The van der Waals surface area contributed by atoms with E-state index in [0.717, 1.165) is 5.56 Å². The number of hydrogen-bond acceptors (Lipinski definition) is 6. The quantitative estimate of drug-likeness (QED) is 0.492. The zero-order valence-electron chi connectivity index (χ0n) is 18.2. The van der Waals surface area contributed by atoms with Crippen LogP contribution in [0.15, 0.2) is 48.5 Å². The van der Waals surface area contributed by atoms with Crippen LogP contribution in [0.2, 0.25) is 0 Å². The molecule has 2 aromatic rings. The van der Waals surface area contributed by atoms with Crippen molar-refractivity contribution in [2.45, 2.75) is 32.8 Å². The van der Waals surface area contributed by atoms with Gasteiger partial charge in [-0.2, -0.15) is 0 Å². The Morgan fingerprint density at radius 3 is 2.16 bits per heavy atom. The first kappa shape index (κ1) is 23.7. The molecule has 0 aromatic heterocycles. The van der Waals surface area contributed by atoms with Crippen LogP contribution in [-0.2, 0) is 20.7 Å². The molecule has 0 atom stereocenters. The molecule has 0 aliphatic rings. The van der Waals surface area contributed by atoms with Gasteiger partial charge in [-0.15, -0.1) is 0 Å². The molecular weight excluding hydrogens is 400 g/mol. The molecule has 8 heteroatoms. The summed E-state index contributed by atoms with van der Waals surface area (Å²) in [4.78, 5) is 35.3. The van der Waals surface area contributed by atoms with Gasteiger partial charge >= 0.3 is 12.1 Å². The fourth-order valence-corrected chi connectivity index (χ4v) is 2.49. The zero-order valence-corrected chi connectivity index (χ0v) is 18.2. The van der Waals surface area contributed by atoms with Crippen molar-refractivity contribution in [3.63, 3.8) is 0 Å². The summed E-state index contributed by atoms with van der Waals surface area (Å²) >= 11 is 0. The number of alkyl carbamates (subject to hydrolysis) is 1. The molecule has 0 heterocycles. The summed E-state index contributed by atoms with van der Waals surface area (Å²) in [5.41, 5.74) is 1.34. The Morgan fingerprint density at radius 1 is 0.935 bits per heavy atom. The minimum absolute atomic E-state index is 0.180. The van der Waals surface area contributed by atoms with Gasteiger partial charge in [0.15, 0.2) is 0 Å². The van der Waals surface area contributed by atoms with Gasteiger partial charge in [-0.25, -0.2) is 4.79 Å². The van der Waals surface area contributed by atoms with Crippen molar-refractivity contribution in [2.75, 3.05) is 25.6 Å². The summed E-state index contributed by atoms with van der Waals surface area (Å²) in [7, 11) is 1.34. The molecule has 0 bridgehead atoms. The molecule has 0 saturated heterocycles. The van der Waals surface area contributed by atoms with Gasteiger partial charge in [0.2, 0.25) is 0 Å². The average Bonchev–Trinajstić information content (AvgIpc) is 2.71. The van der Waals surface area contributed by atoms with Gasteiger partial charge in [0.1, 0.15) is 18.0 Å². The largest absolute Gasteiger partial charge is 0.492 e. The van der Waals surface area contributed by atoms with E-state index in [1.54, 1.807) is 69.3 Å². The molecular formula is C23H28N2O6. The predicted octanol–water partition coefficient (Wildman–Crippen LogP) is 3.56. The number of benzene rings is 2. The third-order valence-electron chi connectivity index (χ3n) is 3.94. The molecule has 31 heavy (non-hydrogen) atoms. The van der Waals surface area contributed by atoms with Gasteiger partial charge < -0.3 is 24.8 Å². The lowest BCUT2D eigenvalue weighted by atomic mass is 10.1. The van der Waals surface area contributed by atoms with E-state index in [-0.39, 0.29) is 24.9 Å². The minimum Gasteiger partial charge on any atom is -0.492 e. The smallest absolute Gasteiger partial charge is 0.407 e. The lowest BCUT2D eigenvalue weighted by molar-refractivity contribution is -0.139. The zero-order chi connectivity index (χ0) is 22.9. The van der Waals surface area contributed by atoms with E-state index < -0.39 is 11.7 Å². The Bertz CT molecular complexity index is 886. The summed E-state index contributed by atoms with van der Waals surface area (Å²) in [6, 6.07) is 13.6. The SMILES string of the molecule is COC(=O)Cc1ccc(NC(=O)c2ccc(OCCNC(=O)OC(C)(C)C)cc2)cc1. The molecule has 8 nitrogen and oxygen atoms in total. The normalized spacial score (nSPS) is 10.7. The van der Waals surface area contributed by atoms with Crippen molar-refractivity contribution < 1.29 is 28.6 Å². The molecule has 0 aliphatic heterocycles. The van der Waals surface area contributed by atoms with Gasteiger partial charge in [0, 0.05) is 11.3 Å². The number of carbonyl (C=O) groups is 3. The maximum absolute atomic E-state index is 12.4. The van der Waals surface area contributed by atoms with Crippen molar-refractivity contribution in [2.24, 2.45) is 0 Å². The lowest BCUT2D eigenvalue weighted by Gasteiger charge is -2.19. The van der Waals surface area contributed by atoms with Gasteiger partial charge in [0.25, 0.3) is 5.91 Å². The Kier molecular flexibility index (Phi) is 8.43. The molecule has 2 rings (SSSR count). The van der Waals surface area contributed by atoms with Crippen LogP contribution in [0.5, 0.6) is 5.75 Å². The maximum atomic E-state index is 12.4. The van der Waals surface area contributed by atoms with Crippen LogP contribution >= 0.6 is 0 Å². The topological polar surface area (TPSA) is 103 Å². The molecule has 0 aliphatic carbocycles. The third kappa shape index (κ3) is 8.77. The number of nitrogens with one attached hydrogen (secondary N) is 2. The second-order valence-electron chi connectivity index (χ2n) is 7.71. The highest BCUT2D eigenvalue weighted by atomic mass is 16.6. The number of methoxy groups -OCH3 is 1. The number of anilines is 1. The molecule has 2 amide bonds. The van der Waals surface area contributed by atoms with Crippen molar-refractivity contribution >= 4 is 23.7 Å². The van der Waals surface area contributed by atoms with E-state index >= 15 is 0 Å². The second kappa shape index (κ2) is 11.0. The Morgan fingerprint density at radius 2 is 1.58 bits per heavy atom. The van der Waals surface area contributed by atoms with Crippen LogP contribution in [0.25, 0.3) is 0 Å². The van der Waals surface area contributed by atoms with E-state index in [9.17, 15) is 14.4 Å². The first-order chi connectivity index (χ1) is 14.7. The highest BCUT2D eigenvalue weighted by molar-refractivity contribution is 6.04. The van der Waals surface area contributed by atoms with Crippen LogP contribution < -0.4 is 15.4 Å². The van der Waals surface area contributed by atoms with E-state index in [4.69, 9.17) is 9.47 Å². The molecule has 0 radical (unpaired) electrons. The number of hydrogen-bond donors (Lipinski definition) is 2. The molecule has 2 N–H and O–H groups in total. The number of amides is 2. The summed E-state index contributed by atoms with van der Waals surface area (Å²) in [5, 5.41) is 5.41. The minimum atomic E-state index is -0.549. The number of rotatable bonds is 8. The van der Waals surface area contributed by atoms with E-state index in [2.05, 4.69) is 15.4 Å². The van der Waals surface area contributed by atoms with E-state index in [1.807, 2.05) is 0 Å². The highest BCUT2D eigenvalue weighted by Gasteiger charge is 2.15. The lowest BCUT2D eigenvalue weighted by Crippen LogP contribution is -2.34. The highest BCUT2D eigenvalue weighted by Crippen LogP contribution is 2.15. The van der Waals surface area contributed by atoms with E-state index in [0.29, 0.717) is 23.5 Å². The summed E-state index contributed by atoms with van der Waals surface area (Å²) in [5.74, 6) is -0.00622. The van der Waals surface area contributed by atoms with Gasteiger partial charge in [-0.1, -0.05) is 12.1 Å². The fraction of sp³-hybridized carbons (Fsp3) is 0.348. The van der Waals surface area contributed by atoms with Gasteiger partial charge in [-0.3, -0.25) is 9.59 Å². The molecule has 0 fully saturated rings. The number of carbonyl (C=O) groups excluding carboxylic acids is 3. The monoisotopic (exact) mass is 428 g/mol. The second-order valence-corrected chi connectivity index (χ2v) is 7.71. The van der Waals surface area contributed by atoms with Crippen LogP contribution in [0.4, 0.5) is 10.5 Å². The van der Waals surface area contributed by atoms with Crippen molar-refractivity contribution in [3.8, 4) is 5.75 Å². The van der Waals surface area contributed by atoms with Gasteiger partial charge in [0.05, 0.1) is 20.1 Å². The standard InChI is InChI=1S/C23H28N2O6/c1-23(2,3)31-22(28)24-13-14-30-19-11-7-17(8-12-19)21(27)25-18-9-5-16(6-10-18)15-20(26)29-4/h5-12H,13-15H2,1-4H3,(H,24,28)(H,25,27). The average molecular weight is 428 g/mol. The van der Waals surface area contributed by atoms with Crippen LogP contribution in [0.1, 0.15) is 36.7 Å². The first-order valence-corrected chi connectivity index (χ1v) is 9.83. The predicted molar refractivity (Wildman–Crippen MR) is 116 cm³/mol. The van der Waals surface area contributed by atoms with Crippen molar-refractivity contribution in [1.29, 1.82) is 0 Å². The van der Waals surface area contributed by atoms with Crippen LogP contribution in [-0.4, -0.2) is 43.8 Å².